The number of hydrogen-bond acceptors (Lipinski definition) is 5. The first-order chi connectivity index (χ1) is 10.3. The van der Waals surface area contributed by atoms with Gasteiger partial charge in [-0.1, -0.05) is 12.7 Å². The van der Waals surface area contributed by atoms with Crippen molar-refractivity contribution in [3.63, 3.8) is 0 Å². The summed E-state index contributed by atoms with van der Waals surface area (Å²) in [6.07, 6.45) is 1.94. The topological polar surface area (TPSA) is 24.8 Å². The highest BCUT2D eigenvalue weighted by atomic mass is 32.2. The first-order valence-electron chi connectivity index (χ1n) is 6.74. The molecular formula is C16H14N2OS2. The van der Waals surface area contributed by atoms with Gasteiger partial charge in [0.2, 0.25) is 0 Å². The third-order valence-electron chi connectivity index (χ3n) is 3.65. The molecule has 0 N–H and O–H groups in total. The number of thioether (sulfide) groups is 1. The maximum Gasteiger partial charge on any atom is 0.168 e. The summed E-state index contributed by atoms with van der Waals surface area (Å²) in [5.74, 6) is 0.897. The molecule has 2 aliphatic heterocycles. The van der Waals surface area contributed by atoms with Gasteiger partial charge in [-0.15, -0.1) is 11.3 Å². The lowest BCUT2D eigenvalue weighted by Crippen LogP contribution is -2.19. The molecule has 0 aliphatic carbocycles. The predicted octanol–water partition coefficient (Wildman–Crippen LogP) is 4.18. The minimum absolute atomic E-state index is 0.884. The number of amidine groups is 1. The minimum Gasteiger partial charge on any atom is -0.497 e. The average molecular weight is 314 g/mol. The average Bonchev–Trinajstić information content (AvgIpc) is 3.18. The molecule has 3 nitrogen and oxygen atoms in total. The van der Waals surface area contributed by atoms with Gasteiger partial charge in [0.05, 0.1) is 24.2 Å². The summed E-state index contributed by atoms with van der Waals surface area (Å²) in [5, 5.41) is 2.33. The Hall–Kier alpha value is -1.72. The molecule has 1 aromatic carbocycles. The molecule has 1 aromatic heterocycles. The van der Waals surface area contributed by atoms with Crippen molar-refractivity contribution >= 4 is 44.0 Å². The molecule has 0 bridgehead atoms. The molecule has 5 heteroatoms. The van der Waals surface area contributed by atoms with E-state index in [4.69, 9.17) is 4.74 Å². The van der Waals surface area contributed by atoms with Crippen molar-refractivity contribution in [3.8, 4) is 5.75 Å². The molecule has 0 unspecified atom stereocenters. The van der Waals surface area contributed by atoms with Gasteiger partial charge in [-0.2, -0.15) is 0 Å². The zero-order chi connectivity index (χ0) is 14.4. The Morgan fingerprint density at radius 1 is 1.38 bits per heavy atom. The Balaban J connectivity index is 1.85. The number of allylic oxidation sites excluding steroid dienone is 1. The largest absolute Gasteiger partial charge is 0.497 e. The van der Waals surface area contributed by atoms with Gasteiger partial charge in [-0.25, -0.2) is 0 Å². The summed E-state index contributed by atoms with van der Waals surface area (Å²) in [5.41, 5.74) is 1.26. The van der Waals surface area contributed by atoms with Crippen LogP contribution in [-0.2, 0) is 0 Å². The van der Waals surface area contributed by atoms with Gasteiger partial charge in [0.15, 0.2) is 5.17 Å². The molecule has 3 heterocycles. The Morgan fingerprint density at radius 2 is 2.29 bits per heavy atom. The minimum atomic E-state index is 0.884. The van der Waals surface area contributed by atoms with Crippen LogP contribution in [0.5, 0.6) is 5.75 Å². The van der Waals surface area contributed by atoms with E-state index >= 15 is 0 Å². The number of hydrogen-bond donors (Lipinski definition) is 0. The smallest absolute Gasteiger partial charge is 0.168 e. The van der Waals surface area contributed by atoms with Crippen LogP contribution >= 0.6 is 23.1 Å². The van der Waals surface area contributed by atoms with E-state index in [1.54, 1.807) is 18.9 Å². The van der Waals surface area contributed by atoms with Crippen molar-refractivity contribution in [1.82, 2.24) is 4.90 Å². The van der Waals surface area contributed by atoms with Gasteiger partial charge in [-0.3, -0.25) is 4.99 Å². The molecule has 0 atom stereocenters. The second kappa shape index (κ2) is 4.93. The fourth-order valence-electron chi connectivity index (χ4n) is 2.66. The van der Waals surface area contributed by atoms with Crippen LogP contribution in [0.15, 0.2) is 46.8 Å². The first-order valence-corrected chi connectivity index (χ1v) is 8.38. The molecule has 0 saturated carbocycles. The van der Waals surface area contributed by atoms with E-state index < -0.39 is 0 Å². The number of thiophene rings is 1. The van der Waals surface area contributed by atoms with Gasteiger partial charge in [0.1, 0.15) is 5.75 Å². The van der Waals surface area contributed by atoms with Crippen molar-refractivity contribution in [2.75, 3.05) is 20.2 Å². The summed E-state index contributed by atoms with van der Waals surface area (Å²) < 4.78 is 6.59. The molecule has 106 valence electrons. The van der Waals surface area contributed by atoms with Gasteiger partial charge >= 0.3 is 0 Å². The molecule has 0 saturated heterocycles. The summed E-state index contributed by atoms with van der Waals surface area (Å²) in [7, 11) is 1.70. The molecule has 4 rings (SSSR count). The number of rotatable bonds is 3. The highest BCUT2D eigenvalue weighted by molar-refractivity contribution is 8.17. The van der Waals surface area contributed by atoms with Crippen LogP contribution in [0.2, 0.25) is 0 Å². The lowest BCUT2D eigenvalue weighted by atomic mass is 10.2. The van der Waals surface area contributed by atoms with Crippen molar-refractivity contribution in [3.05, 3.63) is 46.7 Å². The molecule has 0 radical (unpaired) electrons. The second-order valence-corrected chi connectivity index (χ2v) is 6.94. The van der Waals surface area contributed by atoms with Crippen LogP contribution in [0.1, 0.15) is 4.88 Å². The fourth-order valence-corrected chi connectivity index (χ4v) is 4.88. The van der Waals surface area contributed by atoms with E-state index in [0.717, 1.165) is 24.0 Å². The van der Waals surface area contributed by atoms with Crippen LogP contribution in [0.3, 0.4) is 0 Å². The van der Waals surface area contributed by atoms with E-state index in [-0.39, 0.29) is 0 Å². The Kier molecular flexibility index (Phi) is 3.05. The molecular weight excluding hydrogens is 300 g/mol. The maximum absolute atomic E-state index is 5.31. The molecule has 0 amide bonds. The Bertz CT molecular complexity index is 804. The van der Waals surface area contributed by atoms with Crippen molar-refractivity contribution < 1.29 is 4.74 Å². The van der Waals surface area contributed by atoms with Crippen LogP contribution in [-0.4, -0.2) is 30.3 Å². The quantitative estimate of drug-likeness (QED) is 0.849. The number of fused-ring (bicyclic) bond motifs is 2. The van der Waals surface area contributed by atoms with Crippen LogP contribution in [0.25, 0.3) is 15.8 Å². The van der Waals surface area contributed by atoms with Crippen molar-refractivity contribution in [2.24, 2.45) is 4.99 Å². The van der Waals surface area contributed by atoms with E-state index in [9.17, 15) is 0 Å². The van der Waals surface area contributed by atoms with E-state index in [2.05, 4.69) is 34.7 Å². The zero-order valence-electron chi connectivity index (χ0n) is 11.6. The maximum atomic E-state index is 5.31. The number of nitrogens with zero attached hydrogens (tertiary/aromatic N) is 2. The van der Waals surface area contributed by atoms with Gasteiger partial charge < -0.3 is 9.64 Å². The van der Waals surface area contributed by atoms with E-state index in [1.165, 1.54) is 25.6 Å². The zero-order valence-corrected chi connectivity index (χ0v) is 13.3. The van der Waals surface area contributed by atoms with E-state index in [0.29, 0.717) is 0 Å². The third kappa shape index (κ3) is 2.00. The number of benzene rings is 1. The Morgan fingerprint density at radius 3 is 3.10 bits per heavy atom. The van der Waals surface area contributed by atoms with Gasteiger partial charge in [-0.05, 0) is 41.4 Å². The normalized spacial score (nSPS) is 17.4. The predicted molar refractivity (Wildman–Crippen MR) is 92.1 cm³/mol. The fraction of sp³-hybridized carbons (Fsp3) is 0.188. The van der Waals surface area contributed by atoms with Gasteiger partial charge in [0, 0.05) is 16.1 Å². The third-order valence-corrected chi connectivity index (χ3v) is 5.88. The second-order valence-electron chi connectivity index (χ2n) is 4.85. The van der Waals surface area contributed by atoms with Crippen molar-refractivity contribution in [2.45, 2.75) is 0 Å². The molecule has 0 fully saturated rings. The summed E-state index contributed by atoms with van der Waals surface area (Å²) in [4.78, 5) is 9.33. The van der Waals surface area contributed by atoms with Gasteiger partial charge in [0.25, 0.3) is 0 Å². The molecule has 2 aliphatic rings. The van der Waals surface area contributed by atoms with Crippen LogP contribution in [0, 0.1) is 0 Å². The lowest BCUT2D eigenvalue weighted by molar-refractivity contribution is 0.415. The molecule has 21 heavy (non-hydrogen) atoms. The summed E-state index contributed by atoms with van der Waals surface area (Å²) >= 11 is 3.53. The number of methoxy groups -OCH3 is 1. The monoisotopic (exact) mass is 314 g/mol. The Labute approximate surface area is 131 Å². The first kappa shape index (κ1) is 13.0. The van der Waals surface area contributed by atoms with Crippen LogP contribution in [0.4, 0.5) is 0 Å². The molecule has 2 aromatic rings. The summed E-state index contributed by atoms with van der Waals surface area (Å²) in [6, 6.07) is 8.46. The van der Waals surface area contributed by atoms with E-state index in [1.807, 2.05) is 23.5 Å². The number of ether oxygens (including phenoxy) is 1. The highest BCUT2D eigenvalue weighted by Gasteiger charge is 2.32. The standard InChI is InChI=1S/C16H14N2OS2/c1-3-12-15(18-7-6-17-16(18)21-12)14-9-10-8-11(19-2)4-5-13(10)20-14/h3-5,8-9H,1,6-7H2,2H3. The highest BCUT2D eigenvalue weighted by Crippen LogP contribution is 2.45. The summed E-state index contributed by atoms with van der Waals surface area (Å²) in [6.45, 7) is 5.80. The van der Waals surface area contributed by atoms with Crippen molar-refractivity contribution in [1.29, 1.82) is 0 Å². The lowest BCUT2D eigenvalue weighted by Gasteiger charge is -2.15. The SMILES string of the molecule is C=CC1=C(c2cc3cc(OC)ccc3s2)N2CCN=C2S1. The molecule has 0 spiro atoms. The van der Waals surface area contributed by atoms with Crippen LogP contribution < -0.4 is 4.74 Å². The number of aliphatic imine (C=N–C) groups is 1.